The van der Waals surface area contributed by atoms with E-state index in [1.807, 2.05) is 24.4 Å². The van der Waals surface area contributed by atoms with Crippen LogP contribution in [0.25, 0.3) is 17.0 Å². The average molecular weight is 183 g/mol. The molecule has 1 aromatic heterocycles. The van der Waals surface area contributed by atoms with Crippen LogP contribution in [0, 0.1) is 0 Å². The normalized spacial score (nSPS) is 11.2. The second-order valence-corrected chi connectivity index (χ2v) is 3.27. The average Bonchev–Trinajstić information content (AvgIpc) is 2.26. The molecule has 0 spiro atoms. The van der Waals surface area contributed by atoms with Crippen molar-refractivity contribution in [3.8, 4) is 0 Å². The van der Waals surface area contributed by atoms with E-state index in [0.29, 0.717) is 0 Å². The van der Waals surface area contributed by atoms with Gasteiger partial charge >= 0.3 is 0 Å². The van der Waals surface area contributed by atoms with E-state index in [-0.39, 0.29) is 0 Å². The van der Waals surface area contributed by atoms with E-state index in [1.54, 1.807) is 0 Å². The van der Waals surface area contributed by atoms with Gasteiger partial charge < -0.3 is 0 Å². The number of hydrogen-bond acceptors (Lipinski definition) is 1. The molecule has 70 valence electrons. The van der Waals surface area contributed by atoms with Gasteiger partial charge in [0.1, 0.15) is 0 Å². The summed E-state index contributed by atoms with van der Waals surface area (Å²) < 4.78 is 0. The maximum absolute atomic E-state index is 4.38. The summed E-state index contributed by atoms with van der Waals surface area (Å²) >= 11 is 0. The van der Waals surface area contributed by atoms with Crippen molar-refractivity contribution in [2.24, 2.45) is 0 Å². The minimum Gasteiger partial charge on any atom is -0.256 e. The van der Waals surface area contributed by atoms with Crippen molar-refractivity contribution in [3.05, 3.63) is 48.2 Å². The topological polar surface area (TPSA) is 12.9 Å². The zero-order chi connectivity index (χ0) is 9.80. The molecule has 0 aliphatic rings. The molecule has 0 unspecified atom stereocenters. The Morgan fingerprint density at radius 2 is 2.14 bits per heavy atom. The van der Waals surface area contributed by atoms with Gasteiger partial charge in [0.15, 0.2) is 0 Å². The second-order valence-electron chi connectivity index (χ2n) is 3.27. The molecule has 0 saturated heterocycles. The largest absolute Gasteiger partial charge is 0.256 e. The third-order valence-electron chi connectivity index (χ3n) is 2.16. The zero-order valence-corrected chi connectivity index (χ0v) is 8.27. The zero-order valence-electron chi connectivity index (χ0n) is 8.27. The lowest BCUT2D eigenvalue weighted by atomic mass is 10.1. The first-order valence-electron chi connectivity index (χ1n) is 4.91. The summed E-state index contributed by atoms with van der Waals surface area (Å²) in [5.74, 6) is 0. The number of rotatable bonds is 2. The fraction of sp³-hybridized carbons (Fsp3) is 0.154. The molecule has 0 atom stereocenters. The Morgan fingerprint density at radius 1 is 1.29 bits per heavy atom. The minimum atomic E-state index is 1.06. The van der Waals surface area contributed by atoms with E-state index in [2.05, 4.69) is 36.2 Å². The van der Waals surface area contributed by atoms with Crippen LogP contribution >= 0.6 is 0 Å². The van der Waals surface area contributed by atoms with Gasteiger partial charge in [-0.15, -0.1) is 0 Å². The molecule has 0 fully saturated rings. The number of fused-ring (bicyclic) bond motifs is 1. The van der Waals surface area contributed by atoms with Crippen LogP contribution in [-0.2, 0) is 0 Å². The van der Waals surface area contributed by atoms with Crippen LogP contribution < -0.4 is 0 Å². The van der Waals surface area contributed by atoms with Crippen LogP contribution in [0.4, 0.5) is 0 Å². The van der Waals surface area contributed by atoms with E-state index in [9.17, 15) is 0 Å². The molecule has 2 rings (SSSR count). The summed E-state index contributed by atoms with van der Waals surface area (Å²) in [5, 5.41) is 1.20. The van der Waals surface area contributed by atoms with E-state index in [4.69, 9.17) is 0 Å². The van der Waals surface area contributed by atoms with Gasteiger partial charge in [-0.2, -0.15) is 0 Å². The molecule has 0 aliphatic carbocycles. The molecule has 1 aromatic carbocycles. The van der Waals surface area contributed by atoms with Gasteiger partial charge in [-0.25, -0.2) is 0 Å². The highest BCUT2D eigenvalue weighted by Gasteiger charge is 1.93. The Hall–Kier alpha value is -1.63. The SMILES string of the molecule is CC/C=C/c1cnc2ccccc2c1. The van der Waals surface area contributed by atoms with Crippen LogP contribution in [0.15, 0.2) is 42.6 Å². The summed E-state index contributed by atoms with van der Waals surface area (Å²) in [6.45, 7) is 2.13. The van der Waals surface area contributed by atoms with Crippen LogP contribution in [0.5, 0.6) is 0 Å². The number of para-hydroxylation sites is 1. The third-order valence-corrected chi connectivity index (χ3v) is 2.16. The van der Waals surface area contributed by atoms with Crippen molar-refractivity contribution in [3.63, 3.8) is 0 Å². The van der Waals surface area contributed by atoms with Gasteiger partial charge in [0.25, 0.3) is 0 Å². The highest BCUT2D eigenvalue weighted by molar-refractivity contribution is 5.80. The van der Waals surface area contributed by atoms with Gasteiger partial charge in [0.05, 0.1) is 5.52 Å². The maximum atomic E-state index is 4.38. The summed E-state index contributed by atoms with van der Waals surface area (Å²) in [6, 6.07) is 10.3. The van der Waals surface area contributed by atoms with Gasteiger partial charge in [0.2, 0.25) is 0 Å². The fourth-order valence-electron chi connectivity index (χ4n) is 1.43. The quantitative estimate of drug-likeness (QED) is 0.692. The molecular weight excluding hydrogens is 170 g/mol. The smallest absolute Gasteiger partial charge is 0.0702 e. The summed E-state index contributed by atoms with van der Waals surface area (Å²) in [5.41, 5.74) is 2.23. The molecule has 14 heavy (non-hydrogen) atoms. The Morgan fingerprint density at radius 3 is 3.00 bits per heavy atom. The van der Waals surface area contributed by atoms with Gasteiger partial charge in [-0.3, -0.25) is 4.98 Å². The lowest BCUT2D eigenvalue weighted by molar-refractivity contribution is 1.23. The molecular formula is C13H13N. The van der Waals surface area contributed by atoms with E-state index >= 15 is 0 Å². The van der Waals surface area contributed by atoms with Crippen molar-refractivity contribution in [1.82, 2.24) is 4.98 Å². The first-order valence-corrected chi connectivity index (χ1v) is 4.91. The minimum absolute atomic E-state index is 1.06. The van der Waals surface area contributed by atoms with Crippen LogP contribution in [-0.4, -0.2) is 4.98 Å². The monoisotopic (exact) mass is 183 g/mol. The number of benzene rings is 1. The number of nitrogens with zero attached hydrogens (tertiary/aromatic N) is 1. The van der Waals surface area contributed by atoms with Gasteiger partial charge in [0, 0.05) is 11.6 Å². The summed E-state index contributed by atoms with van der Waals surface area (Å²) in [4.78, 5) is 4.38. The molecule has 2 aromatic rings. The second kappa shape index (κ2) is 4.05. The molecule has 1 nitrogen and oxygen atoms in total. The van der Waals surface area contributed by atoms with Crippen molar-refractivity contribution in [1.29, 1.82) is 0 Å². The predicted molar refractivity (Wildman–Crippen MR) is 61.1 cm³/mol. The van der Waals surface area contributed by atoms with E-state index in [1.165, 1.54) is 10.9 Å². The molecule has 1 heteroatoms. The Bertz CT molecular complexity index is 457. The number of pyridine rings is 1. The van der Waals surface area contributed by atoms with Crippen molar-refractivity contribution >= 4 is 17.0 Å². The number of hydrogen-bond donors (Lipinski definition) is 0. The molecule has 0 radical (unpaired) electrons. The Labute approximate surface area is 84.1 Å². The van der Waals surface area contributed by atoms with Crippen LogP contribution in [0.2, 0.25) is 0 Å². The van der Waals surface area contributed by atoms with E-state index in [0.717, 1.165) is 11.9 Å². The molecule has 0 N–H and O–H groups in total. The van der Waals surface area contributed by atoms with Crippen LogP contribution in [0.3, 0.4) is 0 Å². The Balaban J connectivity index is 2.46. The van der Waals surface area contributed by atoms with Crippen molar-refractivity contribution in [2.45, 2.75) is 13.3 Å². The maximum Gasteiger partial charge on any atom is 0.0702 e. The highest BCUT2D eigenvalue weighted by atomic mass is 14.6. The van der Waals surface area contributed by atoms with Gasteiger partial charge in [-0.05, 0) is 24.1 Å². The molecule has 0 amide bonds. The van der Waals surface area contributed by atoms with E-state index < -0.39 is 0 Å². The summed E-state index contributed by atoms with van der Waals surface area (Å²) in [6.07, 6.45) is 7.23. The highest BCUT2D eigenvalue weighted by Crippen LogP contribution is 2.13. The van der Waals surface area contributed by atoms with Crippen molar-refractivity contribution in [2.75, 3.05) is 0 Å². The fourth-order valence-corrected chi connectivity index (χ4v) is 1.43. The first-order chi connectivity index (χ1) is 6.90. The Kier molecular flexibility index (Phi) is 2.59. The third kappa shape index (κ3) is 1.82. The molecule has 0 bridgehead atoms. The summed E-state index contributed by atoms with van der Waals surface area (Å²) in [7, 11) is 0. The van der Waals surface area contributed by atoms with Crippen molar-refractivity contribution < 1.29 is 0 Å². The molecule has 1 heterocycles. The number of aromatic nitrogens is 1. The van der Waals surface area contributed by atoms with Crippen LogP contribution in [0.1, 0.15) is 18.9 Å². The first kappa shape index (κ1) is 8.95. The molecule has 0 saturated carbocycles. The van der Waals surface area contributed by atoms with Gasteiger partial charge in [-0.1, -0.05) is 37.3 Å². The standard InChI is InChI=1S/C13H13N/c1-2-3-6-11-9-12-7-4-5-8-13(12)14-10-11/h3-10H,2H2,1H3/b6-3+. The predicted octanol–water partition coefficient (Wildman–Crippen LogP) is 3.66. The molecule has 0 aliphatic heterocycles. The lowest BCUT2D eigenvalue weighted by Gasteiger charge is -1.97. The lowest BCUT2D eigenvalue weighted by Crippen LogP contribution is -1.79. The number of allylic oxidation sites excluding steroid dienone is 1.